The number of fused-ring (bicyclic) bond motifs is 1. The summed E-state index contributed by atoms with van der Waals surface area (Å²) >= 11 is 0. The Bertz CT molecular complexity index is 1130. The highest BCUT2D eigenvalue weighted by Crippen LogP contribution is 2.29. The normalized spacial score (nSPS) is 14.6. The fourth-order valence-corrected chi connectivity index (χ4v) is 4.28. The van der Waals surface area contributed by atoms with Crippen LogP contribution in [0.15, 0.2) is 60.7 Å². The number of amides is 2. The van der Waals surface area contributed by atoms with Crippen LogP contribution in [0.2, 0.25) is 0 Å². The van der Waals surface area contributed by atoms with Crippen LogP contribution in [0.5, 0.6) is 0 Å². The Hall–Kier alpha value is -3.34. The van der Waals surface area contributed by atoms with Crippen molar-refractivity contribution >= 4 is 34.0 Å². The number of hydrogen-bond donors (Lipinski definition) is 2. The van der Waals surface area contributed by atoms with Crippen molar-refractivity contribution in [1.29, 1.82) is 0 Å². The smallest absolute Gasteiger partial charge is 0.256 e. The van der Waals surface area contributed by atoms with Gasteiger partial charge in [0, 0.05) is 36.1 Å². The van der Waals surface area contributed by atoms with Crippen molar-refractivity contribution in [2.24, 2.45) is 5.92 Å². The van der Waals surface area contributed by atoms with E-state index >= 15 is 0 Å². The molecule has 1 saturated heterocycles. The molecule has 4 rings (SSSR count). The van der Waals surface area contributed by atoms with Gasteiger partial charge in [-0.3, -0.25) is 9.59 Å². The SMILES string of the molecule is CC1CCN(c2ccc(NC(=O)c3cccc4ccccc34)cc2C(=O)NC(C)C)CC1. The molecule has 5 heteroatoms. The average Bonchev–Trinajstić information content (AvgIpc) is 2.79. The van der Waals surface area contributed by atoms with E-state index in [1.165, 1.54) is 0 Å². The maximum Gasteiger partial charge on any atom is 0.256 e. The van der Waals surface area contributed by atoms with Crippen LogP contribution < -0.4 is 15.5 Å². The highest BCUT2D eigenvalue weighted by atomic mass is 16.2. The third-order valence-corrected chi connectivity index (χ3v) is 6.08. The predicted octanol–water partition coefficient (Wildman–Crippen LogP) is 5.47. The predicted molar refractivity (Wildman–Crippen MR) is 132 cm³/mol. The van der Waals surface area contributed by atoms with Gasteiger partial charge in [-0.1, -0.05) is 43.3 Å². The molecule has 0 aliphatic carbocycles. The molecule has 3 aromatic rings. The first kappa shape index (κ1) is 21.9. The molecule has 2 N–H and O–H groups in total. The summed E-state index contributed by atoms with van der Waals surface area (Å²) in [5, 5.41) is 7.93. The largest absolute Gasteiger partial charge is 0.371 e. The van der Waals surface area contributed by atoms with Crippen LogP contribution >= 0.6 is 0 Å². The molecule has 1 heterocycles. The van der Waals surface area contributed by atoms with Gasteiger partial charge in [-0.2, -0.15) is 0 Å². The number of carbonyl (C=O) groups excluding carboxylic acids is 2. The van der Waals surface area contributed by atoms with E-state index in [2.05, 4.69) is 22.5 Å². The summed E-state index contributed by atoms with van der Waals surface area (Å²) in [4.78, 5) is 28.4. The fourth-order valence-electron chi connectivity index (χ4n) is 4.28. The Balaban J connectivity index is 1.64. The van der Waals surface area contributed by atoms with Gasteiger partial charge in [-0.25, -0.2) is 0 Å². The molecule has 0 atom stereocenters. The molecule has 3 aromatic carbocycles. The Morgan fingerprint density at radius 2 is 1.62 bits per heavy atom. The van der Waals surface area contributed by atoms with Crippen molar-refractivity contribution < 1.29 is 9.59 Å². The molecule has 1 aliphatic heterocycles. The van der Waals surface area contributed by atoms with Crippen molar-refractivity contribution in [3.8, 4) is 0 Å². The quantitative estimate of drug-likeness (QED) is 0.566. The Morgan fingerprint density at radius 3 is 2.38 bits per heavy atom. The molecular weight excluding hydrogens is 398 g/mol. The second-order valence-electron chi connectivity index (χ2n) is 9.01. The highest BCUT2D eigenvalue weighted by Gasteiger charge is 2.22. The molecule has 1 aliphatic rings. The molecule has 0 spiro atoms. The fraction of sp³-hybridized carbons (Fsp3) is 0.333. The first-order chi connectivity index (χ1) is 15.4. The van der Waals surface area contributed by atoms with E-state index in [0.29, 0.717) is 22.7 Å². The van der Waals surface area contributed by atoms with Crippen molar-refractivity contribution in [2.75, 3.05) is 23.3 Å². The van der Waals surface area contributed by atoms with Gasteiger partial charge < -0.3 is 15.5 Å². The van der Waals surface area contributed by atoms with E-state index in [0.717, 1.165) is 42.4 Å². The van der Waals surface area contributed by atoms with Crippen molar-refractivity contribution in [3.63, 3.8) is 0 Å². The van der Waals surface area contributed by atoms with E-state index in [1.54, 1.807) is 6.07 Å². The minimum Gasteiger partial charge on any atom is -0.371 e. The van der Waals surface area contributed by atoms with Crippen LogP contribution in [0.25, 0.3) is 10.8 Å². The van der Waals surface area contributed by atoms with Crippen LogP contribution in [0, 0.1) is 5.92 Å². The molecule has 1 fully saturated rings. The van der Waals surface area contributed by atoms with Gasteiger partial charge in [0.1, 0.15) is 0 Å². The Labute approximate surface area is 189 Å². The van der Waals surface area contributed by atoms with Gasteiger partial charge in [-0.15, -0.1) is 0 Å². The molecule has 166 valence electrons. The lowest BCUT2D eigenvalue weighted by Crippen LogP contribution is -2.36. The zero-order chi connectivity index (χ0) is 22.7. The summed E-state index contributed by atoms with van der Waals surface area (Å²) in [5.74, 6) is 0.407. The lowest BCUT2D eigenvalue weighted by atomic mass is 9.97. The molecule has 2 amide bonds. The first-order valence-electron chi connectivity index (χ1n) is 11.4. The standard InChI is InChI=1S/C27H31N3O2/c1-18(2)28-27(32)24-17-21(11-12-25(24)30-15-13-19(3)14-16-30)29-26(31)23-10-6-8-20-7-4-5-9-22(20)23/h4-12,17-19H,13-16H2,1-3H3,(H,28,32)(H,29,31). The number of anilines is 2. The van der Waals surface area contributed by atoms with Gasteiger partial charge in [0.25, 0.3) is 11.8 Å². The van der Waals surface area contributed by atoms with Crippen molar-refractivity contribution in [1.82, 2.24) is 5.32 Å². The number of piperidine rings is 1. The second-order valence-corrected chi connectivity index (χ2v) is 9.01. The van der Waals surface area contributed by atoms with Gasteiger partial charge in [0.15, 0.2) is 0 Å². The lowest BCUT2D eigenvalue weighted by molar-refractivity contribution is 0.0942. The van der Waals surface area contributed by atoms with Crippen LogP contribution in [-0.2, 0) is 0 Å². The van der Waals surface area contributed by atoms with Gasteiger partial charge >= 0.3 is 0 Å². The molecule has 0 radical (unpaired) electrons. The summed E-state index contributed by atoms with van der Waals surface area (Å²) in [6.07, 6.45) is 2.23. The summed E-state index contributed by atoms with van der Waals surface area (Å²) < 4.78 is 0. The molecule has 0 saturated carbocycles. The summed E-state index contributed by atoms with van der Waals surface area (Å²) in [6, 6.07) is 19.2. The highest BCUT2D eigenvalue weighted by molar-refractivity contribution is 6.13. The molecule has 0 bridgehead atoms. The number of nitrogens with one attached hydrogen (secondary N) is 2. The molecule has 32 heavy (non-hydrogen) atoms. The van der Waals surface area contributed by atoms with E-state index < -0.39 is 0 Å². The van der Waals surface area contributed by atoms with Gasteiger partial charge in [-0.05, 0) is 67.6 Å². The minimum absolute atomic E-state index is 0.0330. The van der Waals surface area contributed by atoms with E-state index in [4.69, 9.17) is 0 Å². The van der Waals surface area contributed by atoms with Crippen LogP contribution in [0.4, 0.5) is 11.4 Å². The second kappa shape index (κ2) is 9.43. The third kappa shape index (κ3) is 4.77. The molecule has 0 aromatic heterocycles. The molecule has 5 nitrogen and oxygen atoms in total. The van der Waals surface area contributed by atoms with E-state index in [1.807, 2.05) is 68.4 Å². The van der Waals surface area contributed by atoms with Crippen LogP contribution in [-0.4, -0.2) is 30.9 Å². The van der Waals surface area contributed by atoms with Crippen molar-refractivity contribution in [3.05, 3.63) is 71.8 Å². The maximum absolute atomic E-state index is 13.1. The van der Waals surface area contributed by atoms with E-state index in [-0.39, 0.29) is 17.9 Å². The summed E-state index contributed by atoms with van der Waals surface area (Å²) in [7, 11) is 0. The van der Waals surface area contributed by atoms with E-state index in [9.17, 15) is 9.59 Å². The number of carbonyl (C=O) groups is 2. The minimum atomic E-state index is -0.184. The Morgan fingerprint density at radius 1 is 0.906 bits per heavy atom. The number of hydrogen-bond acceptors (Lipinski definition) is 3. The average molecular weight is 430 g/mol. The van der Waals surface area contributed by atoms with Crippen molar-refractivity contribution in [2.45, 2.75) is 39.7 Å². The number of benzene rings is 3. The third-order valence-electron chi connectivity index (χ3n) is 6.08. The number of nitrogens with zero attached hydrogens (tertiary/aromatic N) is 1. The van der Waals surface area contributed by atoms with Crippen LogP contribution in [0.3, 0.4) is 0 Å². The summed E-state index contributed by atoms with van der Waals surface area (Å²) in [5.41, 5.74) is 2.76. The topological polar surface area (TPSA) is 61.4 Å². The zero-order valence-electron chi connectivity index (χ0n) is 19.0. The summed E-state index contributed by atoms with van der Waals surface area (Å²) in [6.45, 7) is 8.05. The maximum atomic E-state index is 13.1. The number of rotatable bonds is 5. The zero-order valence-corrected chi connectivity index (χ0v) is 19.0. The Kier molecular flexibility index (Phi) is 6.45. The molecular formula is C27H31N3O2. The monoisotopic (exact) mass is 429 g/mol. The lowest BCUT2D eigenvalue weighted by Gasteiger charge is -2.33. The van der Waals surface area contributed by atoms with Gasteiger partial charge in [0.05, 0.1) is 5.56 Å². The molecule has 0 unspecified atom stereocenters. The van der Waals surface area contributed by atoms with Crippen LogP contribution in [0.1, 0.15) is 54.3 Å². The first-order valence-corrected chi connectivity index (χ1v) is 11.4. The van der Waals surface area contributed by atoms with Gasteiger partial charge in [0.2, 0.25) is 0 Å².